The van der Waals surface area contributed by atoms with Gasteiger partial charge in [0.2, 0.25) is 5.91 Å². The molecule has 0 bridgehead atoms. The molecule has 134 valence electrons. The summed E-state index contributed by atoms with van der Waals surface area (Å²) in [6.45, 7) is 5.78. The van der Waals surface area contributed by atoms with Crippen molar-refractivity contribution in [1.82, 2.24) is 24.6 Å². The first-order chi connectivity index (χ1) is 11.9. The summed E-state index contributed by atoms with van der Waals surface area (Å²) in [5.74, 6) is 1.56. The number of aromatic nitrogens is 3. The highest BCUT2D eigenvalue weighted by Crippen LogP contribution is 2.19. The van der Waals surface area contributed by atoms with E-state index >= 15 is 0 Å². The Bertz CT molecular complexity index is 739. The third-order valence-electron chi connectivity index (χ3n) is 5.09. The van der Waals surface area contributed by atoms with Crippen LogP contribution in [0, 0.1) is 6.92 Å². The molecule has 2 aromatic rings. The number of aryl methyl sites for hydroxylation is 1. The Kier molecular flexibility index (Phi) is 5.15. The molecular formula is C18H26N6O. The van der Waals surface area contributed by atoms with Crippen LogP contribution in [0.25, 0.3) is 0 Å². The largest absolute Gasteiger partial charge is 0.366 e. The smallest absolute Gasteiger partial charge is 0.248 e. The van der Waals surface area contributed by atoms with Crippen molar-refractivity contribution in [2.24, 2.45) is 12.8 Å². The van der Waals surface area contributed by atoms with Gasteiger partial charge in [-0.2, -0.15) is 0 Å². The van der Waals surface area contributed by atoms with Gasteiger partial charge in [-0.1, -0.05) is 12.1 Å². The Hall–Kier alpha value is -2.25. The summed E-state index contributed by atoms with van der Waals surface area (Å²) in [6, 6.07) is 8.09. The number of hydrogen-bond acceptors (Lipinski definition) is 5. The Morgan fingerprint density at radius 2 is 2.04 bits per heavy atom. The lowest BCUT2D eigenvalue weighted by Crippen LogP contribution is -2.34. The third kappa shape index (κ3) is 4.05. The molecule has 1 saturated heterocycles. The van der Waals surface area contributed by atoms with E-state index in [2.05, 4.69) is 27.0 Å². The lowest BCUT2D eigenvalue weighted by molar-refractivity contribution is 0.100. The number of primary amides is 1. The van der Waals surface area contributed by atoms with Crippen LogP contribution >= 0.6 is 0 Å². The molecule has 2 N–H and O–H groups in total. The van der Waals surface area contributed by atoms with Crippen LogP contribution in [-0.4, -0.2) is 56.7 Å². The minimum atomic E-state index is -0.381. The Morgan fingerprint density at radius 1 is 1.32 bits per heavy atom. The zero-order valence-electron chi connectivity index (χ0n) is 15.1. The summed E-state index contributed by atoms with van der Waals surface area (Å²) in [5, 5.41) is 8.38. The van der Waals surface area contributed by atoms with E-state index in [0.29, 0.717) is 11.6 Å². The van der Waals surface area contributed by atoms with Crippen LogP contribution < -0.4 is 5.73 Å². The van der Waals surface area contributed by atoms with Crippen LogP contribution in [0.1, 0.15) is 34.0 Å². The van der Waals surface area contributed by atoms with Crippen LogP contribution in [0.2, 0.25) is 0 Å². The van der Waals surface area contributed by atoms with Crippen molar-refractivity contribution < 1.29 is 4.79 Å². The third-order valence-corrected chi connectivity index (χ3v) is 5.09. The summed E-state index contributed by atoms with van der Waals surface area (Å²) < 4.78 is 2.05. The number of benzene rings is 1. The zero-order chi connectivity index (χ0) is 18.0. The van der Waals surface area contributed by atoms with E-state index in [0.717, 1.165) is 44.2 Å². The molecule has 1 aliphatic heterocycles. The monoisotopic (exact) mass is 342 g/mol. The molecule has 1 amide bonds. The van der Waals surface area contributed by atoms with Crippen molar-refractivity contribution in [2.45, 2.75) is 32.5 Å². The van der Waals surface area contributed by atoms with Gasteiger partial charge in [0.05, 0.1) is 6.54 Å². The minimum Gasteiger partial charge on any atom is -0.366 e. The molecular weight excluding hydrogens is 316 g/mol. The number of rotatable bonds is 6. The van der Waals surface area contributed by atoms with Crippen LogP contribution in [0.4, 0.5) is 0 Å². The van der Waals surface area contributed by atoms with Gasteiger partial charge in [0, 0.05) is 38.3 Å². The molecule has 0 unspecified atom stereocenters. The maximum absolute atomic E-state index is 11.1. The average molecular weight is 342 g/mol. The molecule has 0 radical (unpaired) electrons. The maximum atomic E-state index is 11.1. The second-order valence-electron chi connectivity index (χ2n) is 6.88. The summed E-state index contributed by atoms with van der Waals surface area (Å²) in [7, 11) is 4.16. The number of nitrogens with two attached hydrogens (primary N) is 1. The molecule has 0 spiro atoms. The normalized spacial score (nSPS) is 18.2. The van der Waals surface area contributed by atoms with Crippen molar-refractivity contribution in [2.75, 3.05) is 20.1 Å². The first-order valence-corrected chi connectivity index (χ1v) is 8.60. The van der Waals surface area contributed by atoms with Gasteiger partial charge in [-0.3, -0.25) is 14.6 Å². The zero-order valence-corrected chi connectivity index (χ0v) is 15.1. The van der Waals surface area contributed by atoms with Gasteiger partial charge >= 0.3 is 0 Å². The lowest BCUT2D eigenvalue weighted by Gasteiger charge is -2.24. The number of nitrogens with zero attached hydrogens (tertiary/aromatic N) is 5. The molecule has 1 aliphatic rings. The molecule has 1 aromatic carbocycles. The summed E-state index contributed by atoms with van der Waals surface area (Å²) in [5.41, 5.74) is 7.05. The average Bonchev–Trinajstić information content (AvgIpc) is 3.17. The highest BCUT2D eigenvalue weighted by Gasteiger charge is 2.26. The van der Waals surface area contributed by atoms with Crippen molar-refractivity contribution >= 4 is 5.91 Å². The van der Waals surface area contributed by atoms with E-state index in [4.69, 9.17) is 5.73 Å². The minimum absolute atomic E-state index is 0.381. The molecule has 0 aliphatic carbocycles. The molecule has 7 heteroatoms. The fraction of sp³-hybridized carbons (Fsp3) is 0.500. The van der Waals surface area contributed by atoms with E-state index in [1.54, 1.807) is 12.1 Å². The Morgan fingerprint density at radius 3 is 2.64 bits per heavy atom. The molecule has 2 heterocycles. The topological polar surface area (TPSA) is 80.3 Å². The molecule has 1 fully saturated rings. The number of likely N-dealkylation sites (N-methyl/N-ethyl adjacent to an activating group) is 1. The number of likely N-dealkylation sites (tertiary alicyclic amines) is 1. The summed E-state index contributed by atoms with van der Waals surface area (Å²) >= 11 is 0. The second kappa shape index (κ2) is 7.33. The van der Waals surface area contributed by atoms with Gasteiger partial charge in [0.25, 0.3) is 0 Å². The predicted molar refractivity (Wildman–Crippen MR) is 95.8 cm³/mol. The highest BCUT2D eigenvalue weighted by atomic mass is 16.1. The first kappa shape index (κ1) is 17.6. The Labute approximate surface area is 148 Å². The fourth-order valence-electron chi connectivity index (χ4n) is 3.29. The molecule has 0 saturated carbocycles. The van der Waals surface area contributed by atoms with Gasteiger partial charge in [0.15, 0.2) is 0 Å². The predicted octanol–water partition coefficient (Wildman–Crippen LogP) is 0.929. The van der Waals surface area contributed by atoms with Crippen molar-refractivity contribution in [3.8, 4) is 0 Å². The number of carbonyl (C=O) groups is 1. The summed E-state index contributed by atoms with van der Waals surface area (Å²) in [6.07, 6.45) is 1.15. The SMILES string of the molecule is Cc1nnc(CN(C)[C@@H]2CCN(Cc3ccc(C(N)=O)cc3)C2)n1C. The standard InChI is InChI=1S/C18H26N6O/c1-13-20-21-17(23(13)3)12-22(2)16-8-9-24(11-16)10-14-4-6-15(7-5-14)18(19)25/h4-7,16H,8-12H2,1-3H3,(H2,19,25)/t16-/m1/s1. The van der Waals surface area contributed by atoms with E-state index in [1.165, 1.54) is 5.56 Å². The summed E-state index contributed by atoms with van der Waals surface area (Å²) in [4.78, 5) is 16.0. The first-order valence-electron chi connectivity index (χ1n) is 8.60. The molecule has 25 heavy (non-hydrogen) atoms. The van der Waals surface area contributed by atoms with Gasteiger partial charge < -0.3 is 10.3 Å². The van der Waals surface area contributed by atoms with Crippen LogP contribution in [0.3, 0.4) is 0 Å². The maximum Gasteiger partial charge on any atom is 0.248 e. The van der Waals surface area contributed by atoms with Crippen LogP contribution in [-0.2, 0) is 20.1 Å². The van der Waals surface area contributed by atoms with Crippen molar-refractivity contribution in [3.63, 3.8) is 0 Å². The van der Waals surface area contributed by atoms with Gasteiger partial charge in [-0.15, -0.1) is 10.2 Å². The van der Waals surface area contributed by atoms with Gasteiger partial charge in [-0.05, 0) is 38.1 Å². The second-order valence-corrected chi connectivity index (χ2v) is 6.88. The lowest BCUT2D eigenvalue weighted by atomic mass is 10.1. The quantitative estimate of drug-likeness (QED) is 0.845. The molecule has 3 rings (SSSR count). The van der Waals surface area contributed by atoms with E-state index < -0.39 is 0 Å². The van der Waals surface area contributed by atoms with E-state index in [-0.39, 0.29) is 5.91 Å². The van der Waals surface area contributed by atoms with Gasteiger partial charge in [0.1, 0.15) is 11.6 Å². The van der Waals surface area contributed by atoms with E-state index in [1.807, 2.05) is 30.7 Å². The van der Waals surface area contributed by atoms with Crippen molar-refractivity contribution in [3.05, 3.63) is 47.0 Å². The number of carbonyl (C=O) groups excluding carboxylic acids is 1. The number of amides is 1. The fourth-order valence-corrected chi connectivity index (χ4v) is 3.29. The molecule has 7 nitrogen and oxygen atoms in total. The van der Waals surface area contributed by atoms with E-state index in [9.17, 15) is 4.79 Å². The van der Waals surface area contributed by atoms with Crippen LogP contribution in [0.5, 0.6) is 0 Å². The highest BCUT2D eigenvalue weighted by molar-refractivity contribution is 5.92. The molecule has 1 atom stereocenters. The van der Waals surface area contributed by atoms with Crippen LogP contribution in [0.15, 0.2) is 24.3 Å². The number of hydrogen-bond donors (Lipinski definition) is 1. The van der Waals surface area contributed by atoms with Crippen molar-refractivity contribution in [1.29, 1.82) is 0 Å². The Balaban J connectivity index is 1.54. The van der Waals surface area contributed by atoms with Gasteiger partial charge in [-0.25, -0.2) is 0 Å². The molecule has 1 aromatic heterocycles.